The molecular formula is C26H30N4O4. The summed E-state index contributed by atoms with van der Waals surface area (Å²) in [7, 11) is 1.60. The maximum atomic E-state index is 13.4. The molecule has 4 rings (SSSR count). The Morgan fingerprint density at radius 3 is 2.44 bits per heavy atom. The van der Waals surface area contributed by atoms with Gasteiger partial charge in [0.05, 0.1) is 18.9 Å². The summed E-state index contributed by atoms with van der Waals surface area (Å²) in [5.41, 5.74) is 1.59. The molecule has 0 aromatic heterocycles. The van der Waals surface area contributed by atoms with Crippen molar-refractivity contribution < 1.29 is 19.1 Å². The topological polar surface area (TPSA) is 91.3 Å². The van der Waals surface area contributed by atoms with Crippen LogP contribution in [-0.2, 0) is 9.59 Å². The molecule has 1 saturated heterocycles. The molecule has 1 N–H and O–H groups in total. The average Bonchev–Trinajstić information content (AvgIpc) is 3.35. The highest BCUT2D eigenvalue weighted by atomic mass is 16.5. The molecule has 2 atom stereocenters. The highest BCUT2D eigenvalue weighted by Gasteiger charge is 2.49. The Morgan fingerprint density at radius 1 is 1.15 bits per heavy atom. The van der Waals surface area contributed by atoms with Crippen LogP contribution in [0.15, 0.2) is 59.7 Å². The summed E-state index contributed by atoms with van der Waals surface area (Å²) < 4.78 is 5.26. The Morgan fingerprint density at radius 2 is 1.82 bits per heavy atom. The molecule has 1 fully saturated rings. The Bertz CT molecular complexity index is 1110. The standard InChI is InChI=1S/C26H30N4O4/c1-17(2)15-26(3)24(32)29(25(33)27-26)16-23(31)30-22(19-10-12-20(34-4)13-11-19)14-21(28-30)18-8-6-5-7-9-18/h5-13,17,22H,14-16H2,1-4H3,(H,27,33). The van der Waals surface area contributed by atoms with Gasteiger partial charge in [0.25, 0.3) is 11.8 Å². The van der Waals surface area contributed by atoms with E-state index in [1.807, 2.05) is 68.4 Å². The molecule has 2 aromatic carbocycles. The number of rotatable bonds is 7. The first-order valence-electron chi connectivity index (χ1n) is 11.4. The van der Waals surface area contributed by atoms with Crippen LogP contribution in [0.4, 0.5) is 4.79 Å². The zero-order chi connectivity index (χ0) is 24.5. The first-order valence-corrected chi connectivity index (χ1v) is 11.4. The van der Waals surface area contributed by atoms with Crippen LogP contribution in [0.25, 0.3) is 0 Å². The van der Waals surface area contributed by atoms with E-state index in [0.29, 0.717) is 18.6 Å². The monoisotopic (exact) mass is 462 g/mol. The number of carbonyl (C=O) groups is 3. The molecule has 2 heterocycles. The molecule has 8 nitrogen and oxygen atoms in total. The van der Waals surface area contributed by atoms with Crippen molar-refractivity contribution in [1.29, 1.82) is 0 Å². The number of carbonyl (C=O) groups excluding carboxylic acids is 3. The number of hydrogen-bond acceptors (Lipinski definition) is 5. The van der Waals surface area contributed by atoms with Crippen molar-refractivity contribution in [3.63, 3.8) is 0 Å². The van der Waals surface area contributed by atoms with E-state index in [9.17, 15) is 14.4 Å². The minimum atomic E-state index is -1.01. The number of benzene rings is 2. The molecule has 178 valence electrons. The minimum absolute atomic E-state index is 0.209. The number of imide groups is 1. The molecule has 8 heteroatoms. The molecular weight excluding hydrogens is 432 g/mol. The normalized spacial score (nSPS) is 22.3. The van der Waals surface area contributed by atoms with Crippen LogP contribution in [0.2, 0.25) is 0 Å². The Hall–Kier alpha value is -3.68. The molecule has 2 unspecified atom stereocenters. The van der Waals surface area contributed by atoms with Crippen molar-refractivity contribution in [1.82, 2.24) is 15.2 Å². The molecule has 0 aliphatic carbocycles. The predicted molar refractivity (Wildman–Crippen MR) is 128 cm³/mol. The van der Waals surface area contributed by atoms with Crippen molar-refractivity contribution in [2.75, 3.05) is 13.7 Å². The molecule has 2 aromatic rings. The van der Waals surface area contributed by atoms with Gasteiger partial charge >= 0.3 is 6.03 Å². The van der Waals surface area contributed by atoms with Crippen molar-refractivity contribution in [3.05, 3.63) is 65.7 Å². The number of hydrogen-bond donors (Lipinski definition) is 1. The Balaban J connectivity index is 1.60. The molecule has 2 aliphatic rings. The molecule has 0 bridgehead atoms. The number of methoxy groups -OCH3 is 1. The van der Waals surface area contributed by atoms with Crippen molar-refractivity contribution >= 4 is 23.6 Å². The van der Waals surface area contributed by atoms with E-state index in [-0.39, 0.29) is 24.4 Å². The van der Waals surface area contributed by atoms with E-state index in [2.05, 4.69) is 10.4 Å². The maximum Gasteiger partial charge on any atom is 0.325 e. The van der Waals surface area contributed by atoms with Gasteiger partial charge in [0.1, 0.15) is 17.8 Å². The van der Waals surface area contributed by atoms with E-state index in [4.69, 9.17) is 4.74 Å². The van der Waals surface area contributed by atoms with Crippen LogP contribution in [0.5, 0.6) is 5.75 Å². The second kappa shape index (κ2) is 9.29. The van der Waals surface area contributed by atoms with E-state index >= 15 is 0 Å². The fourth-order valence-electron chi connectivity index (χ4n) is 4.68. The van der Waals surface area contributed by atoms with Gasteiger partial charge in [0.15, 0.2) is 0 Å². The third-order valence-corrected chi connectivity index (χ3v) is 6.23. The van der Waals surface area contributed by atoms with Gasteiger partial charge < -0.3 is 10.1 Å². The third kappa shape index (κ3) is 4.53. The minimum Gasteiger partial charge on any atom is -0.497 e. The number of nitrogens with one attached hydrogen (secondary N) is 1. The first kappa shape index (κ1) is 23.5. The molecule has 2 aliphatic heterocycles. The van der Waals surface area contributed by atoms with Gasteiger partial charge in [0.2, 0.25) is 0 Å². The lowest BCUT2D eigenvalue weighted by Crippen LogP contribution is -2.46. The van der Waals surface area contributed by atoms with E-state index in [0.717, 1.165) is 21.7 Å². The fourth-order valence-corrected chi connectivity index (χ4v) is 4.68. The highest BCUT2D eigenvalue weighted by molar-refractivity contribution is 6.09. The van der Waals surface area contributed by atoms with Gasteiger partial charge in [-0.1, -0.05) is 56.3 Å². The van der Waals surface area contributed by atoms with Crippen LogP contribution in [-0.4, -0.2) is 52.7 Å². The van der Waals surface area contributed by atoms with Gasteiger partial charge in [0, 0.05) is 6.42 Å². The quantitative estimate of drug-likeness (QED) is 0.635. The summed E-state index contributed by atoms with van der Waals surface area (Å²) in [6, 6.07) is 16.3. The van der Waals surface area contributed by atoms with Crippen LogP contribution in [0.3, 0.4) is 0 Å². The highest BCUT2D eigenvalue weighted by Crippen LogP contribution is 2.34. The maximum absolute atomic E-state index is 13.4. The van der Waals surface area contributed by atoms with Crippen molar-refractivity contribution in [2.24, 2.45) is 11.0 Å². The van der Waals surface area contributed by atoms with Gasteiger partial charge in [-0.3, -0.25) is 14.5 Å². The number of urea groups is 1. The predicted octanol–water partition coefficient (Wildman–Crippen LogP) is 3.73. The van der Waals surface area contributed by atoms with Crippen LogP contribution in [0, 0.1) is 5.92 Å². The summed E-state index contributed by atoms with van der Waals surface area (Å²) in [6.45, 7) is 5.32. The van der Waals surface area contributed by atoms with Crippen LogP contribution < -0.4 is 10.1 Å². The lowest BCUT2D eigenvalue weighted by Gasteiger charge is -2.25. The molecule has 0 spiro atoms. The molecule has 0 radical (unpaired) electrons. The summed E-state index contributed by atoms with van der Waals surface area (Å²) in [4.78, 5) is 40.1. The summed E-state index contributed by atoms with van der Waals surface area (Å²) in [5, 5.41) is 8.81. The fraction of sp³-hybridized carbons (Fsp3) is 0.385. The van der Waals surface area contributed by atoms with Gasteiger partial charge in [-0.2, -0.15) is 5.10 Å². The van der Waals surface area contributed by atoms with Crippen molar-refractivity contribution in [3.8, 4) is 5.75 Å². The van der Waals surface area contributed by atoms with Gasteiger partial charge in [-0.05, 0) is 42.5 Å². The summed E-state index contributed by atoms with van der Waals surface area (Å²) in [6.07, 6.45) is 1.02. The average molecular weight is 463 g/mol. The van der Waals surface area contributed by atoms with Crippen LogP contribution >= 0.6 is 0 Å². The number of ether oxygens (including phenoxy) is 1. The first-order chi connectivity index (χ1) is 16.2. The Labute approximate surface area is 199 Å². The van der Waals surface area contributed by atoms with Gasteiger partial charge in [-0.25, -0.2) is 9.80 Å². The zero-order valence-electron chi connectivity index (χ0n) is 19.9. The smallest absolute Gasteiger partial charge is 0.325 e. The second-order valence-electron chi connectivity index (χ2n) is 9.40. The molecule has 34 heavy (non-hydrogen) atoms. The van der Waals surface area contributed by atoms with Gasteiger partial charge in [-0.15, -0.1) is 0 Å². The lowest BCUT2D eigenvalue weighted by atomic mass is 9.91. The summed E-state index contributed by atoms with van der Waals surface area (Å²) >= 11 is 0. The summed E-state index contributed by atoms with van der Waals surface area (Å²) in [5.74, 6) is 0.129. The van der Waals surface area contributed by atoms with E-state index in [1.165, 1.54) is 5.01 Å². The molecule has 0 saturated carbocycles. The number of hydrazone groups is 1. The number of amides is 4. The van der Waals surface area contributed by atoms with E-state index in [1.54, 1.807) is 14.0 Å². The number of nitrogens with zero attached hydrogens (tertiary/aromatic N) is 3. The Kier molecular flexibility index (Phi) is 6.41. The largest absolute Gasteiger partial charge is 0.497 e. The third-order valence-electron chi connectivity index (χ3n) is 6.23. The second-order valence-corrected chi connectivity index (χ2v) is 9.40. The SMILES string of the molecule is COc1ccc(C2CC(c3ccccc3)=NN2C(=O)CN2C(=O)NC(C)(CC(C)C)C2=O)cc1. The van der Waals surface area contributed by atoms with E-state index < -0.39 is 17.5 Å². The van der Waals surface area contributed by atoms with Crippen molar-refractivity contribution in [2.45, 2.75) is 45.2 Å². The lowest BCUT2D eigenvalue weighted by molar-refractivity contribution is -0.140. The van der Waals surface area contributed by atoms with Crippen LogP contribution in [0.1, 0.15) is 50.8 Å². The molecule has 4 amide bonds. The zero-order valence-corrected chi connectivity index (χ0v) is 19.9.